The van der Waals surface area contributed by atoms with Crippen molar-refractivity contribution in [3.8, 4) is 50.7 Å². The third-order valence-electron chi connectivity index (χ3n) is 9.65. The van der Waals surface area contributed by atoms with Crippen molar-refractivity contribution in [2.24, 2.45) is 0 Å². The van der Waals surface area contributed by atoms with Gasteiger partial charge in [0.05, 0.1) is 11.3 Å². The quantitative estimate of drug-likeness (QED) is 0.204. The van der Waals surface area contributed by atoms with Gasteiger partial charge >= 0.3 is 0 Å². The number of phenolic OH excluding ortho intramolecular Hbond substituents is 1. The van der Waals surface area contributed by atoms with Crippen LogP contribution in [0, 0.1) is 0 Å². The number of phenols is 1. The minimum atomic E-state index is -0.272. The van der Waals surface area contributed by atoms with Gasteiger partial charge < -0.3 is 9.52 Å². The highest BCUT2D eigenvalue weighted by molar-refractivity contribution is 5.94. The largest absolute Gasteiger partial charge is 0.507 e. The lowest BCUT2D eigenvalue weighted by Gasteiger charge is -2.27. The monoisotopic (exact) mass is 664 g/mol. The Kier molecular flexibility index (Phi) is 8.62. The first-order valence-electron chi connectivity index (χ1n) is 17.7. The highest BCUT2D eigenvalue weighted by atomic mass is 16.3. The highest BCUT2D eigenvalue weighted by Crippen LogP contribution is 2.45. The second kappa shape index (κ2) is 12.3. The second-order valence-corrected chi connectivity index (χ2v) is 17.9. The van der Waals surface area contributed by atoms with Crippen molar-refractivity contribution in [2.45, 2.75) is 105 Å². The van der Waals surface area contributed by atoms with Gasteiger partial charge in [0.15, 0.2) is 5.58 Å². The molecule has 0 unspecified atom stereocenters. The van der Waals surface area contributed by atoms with Crippen LogP contribution in [0.4, 0.5) is 0 Å². The van der Waals surface area contributed by atoms with Crippen LogP contribution in [0.2, 0.25) is 0 Å². The minimum Gasteiger partial charge on any atom is -0.507 e. The van der Waals surface area contributed by atoms with Crippen molar-refractivity contribution in [1.29, 1.82) is 0 Å². The molecule has 0 fully saturated rings. The summed E-state index contributed by atoms with van der Waals surface area (Å²) in [5.41, 5.74) is 12.1. The van der Waals surface area contributed by atoms with Gasteiger partial charge in [-0.3, -0.25) is 4.98 Å². The molecule has 0 aliphatic heterocycles. The van der Waals surface area contributed by atoms with Gasteiger partial charge in [0.1, 0.15) is 11.3 Å². The summed E-state index contributed by atoms with van der Waals surface area (Å²) >= 11 is 0. The van der Waals surface area contributed by atoms with Gasteiger partial charge in [-0.1, -0.05) is 126 Å². The fourth-order valence-corrected chi connectivity index (χ4v) is 6.36. The molecule has 0 atom stereocenters. The van der Waals surface area contributed by atoms with E-state index in [0.717, 1.165) is 55.7 Å². The van der Waals surface area contributed by atoms with Gasteiger partial charge in [-0.05, 0) is 97.5 Å². The summed E-state index contributed by atoms with van der Waals surface area (Å²) in [5, 5.41) is 11.7. The van der Waals surface area contributed by atoms with Crippen LogP contribution in [0.3, 0.4) is 0 Å². The van der Waals surface area contributed by atoms with Gasteiger partial charge in [0.25, 0.3) is 0 Å². The number of benzene rings is 4. The Balaban J connectivity index is 1.62. The number of aromatic nitrogens is 2. The van der Waals surface area contributed by atoms with Crippen LogP contribution < -0.4 is 0 Å². The zero-order valence-corrected chi connectivity index (χ0v) is 31.9. The zero-order chi connectivity index (χ0) is 36.4. The van der Waals surface area contributed by atoms with E-state index in [1.54, 1.807) is 0 Å². The van der Waals surface area contributed by atoms with Crippen LogP contribution >= 0.6 is 0 Å². The van der Waals surface area contributed by atoms with Crippen LogP contribution in [-0.4, -0.2) is 15.1 Å². The zero-order valence-electron chi connectivity index (χ0n) is 31.9. The smallest absolute Gasteiger partial charge is 0.231 e. The van der Waals surface area contributed by atoms with Gasteiger partial charge in [0, 0.05) is 22.9 Å². The maximum atomic E-state index is 11.7. The molecule has 0 saturated carbocycles. The first-order chi connectivity index (χ1) is 23.2. The standard InChI is InChI=1S/C46H52N2O2/c1-43(2,3)32-21-30(20-31(22-32)38-23-29(18-19-47-38)28-16-14-13-15-17-28)35-24-34(45(7,8)9)27-39-40(35)48-42(50-39)36-25-33(44(4,5)6)26-37(41(36)49)46(10,11)12/h13-27,49H,1-12H3. The molecule has 6 aromatic rings. The lowest BCUT2D eigenvalue weighted by molar-refractivity contribution is 0.444. The number of aromatic hydroxyl groups is 1. The number of fused-ring (bicyclic) bond motifs is 1. The maximum Gasteiger partial charge on any atom is 0.231 e. The molecule has 0 bridgehead atoms. The van der Waals surface area contributed by atoms with Crippen molar-refractivity contribution in [3.63, 3.8) is 0 Å². The molecule has 2 aromatic heterocycles. The van der Waals surface area contributed by atoms with Crippen LogP contribution in [0.1, 0.15) is 105 Å². The molecule has 0 aliphatic carbocycles. The summed E-state index contributed by atoms with van der Waals surface area (Å²) in [4.78, 5) is 10.1. The Labute approximate surface area is 298 Å². The lowest BCUT2D eigenvalue weighted by atomic mass is 9.79. The van der Waals surface area contributed by atoms with E-state index in [1.807, 2.05) is 18.3 Å². The maximum absolute atomic E-state index is 11.7. The van der Waals surface area contributed by atoms with Crippen LogP contribution in [-0.2, 0) is 21.7 Å². The number of hydrogen-bond acceptors (Lipinski definition) is 4. The van der Waals surface area contributed by atoms with E-state index < -0.39 is 0 Å². The fourth-order valence-electron chi connectivity index (χ4n) is 6.36. The average molecular weight is 665 g/mol. The van der Waals surface area contributed by atoms with E-state index >= 15 is 0 Å². The molecule has 0 saturated heterocycles. The Morgan fingerprint density at radius 3 is 1.72 bits per heavy atom. The number of oxazole rings is 1. The summed E-state index contributed by atoms with van der Waals surface area (Å²) in [6.07, 6.45) is 1.90. The normalized spacial score (nSPS) is 12.9. The molecule has 0 aliphatic rings. The lowest BCUT2D eigenvalue weighted by Crippen LogP contribution is -2.17. The van der Waals surface area contributed by atoms with Crippen LogP contribution in [0.5, 0.6) is 5.75 Å². The summed E-state index contributed by atoms with van der Waals surface area (Å²) < 4.78 is 6.66. The first kappa shape index (κ1) is 35.1. The molecular weight excluding hydrogens is 613 g/mol. The Bertz CT molecular complexity index is 2200. The number of rotatable bonds is 4. The second-order valence-electron chi connectivity index (χ2n) is 17.9. The van der Waals surface area contributed by atoms with Gasteiger partial charge in [0.2, 0.25) is 5.89 Å². The number of pyridine rings is 1. The van der Waals surface area contributed by atoms with E-state index in [1.165, 1.54) is 5.56 Å². The molecule has 4 heteroatoms. The molecule has 4 aromatic carbocycles. The topological polar surface area (TPSA) is 59.2 Å². The van der Waals surface area contributed by atoms with Gasteiger partial charge in [-0.25, -0.2) is 4.98 Å². The fraction of sp³-hybridized carbons (Fsp3) is 0.348. The van der Waals surface area contributed by atoms with Crippen LogP contribution in [0.25, 0.3) is 56.1 Å². The Morgan fingerprint density at radius 2 is 1.10 bits per heavy atom. The average Bonchev–Trinajstić information content (AvgIpc) is 3.47. The van der Waals surface area contributed by atoms with Crippen molar-refractivity contribution in [1.82, 2.24) is 9.97 Å². The predicted octanol–water partition coefficient (Wildman–Crippen LogP) is 12.8. The van der Waals surface area contributed by atoms with Gasteiger partial charge in [-0.15, -0.1) is 0 Å². The van der Waals surface area contributed by atoms with Crippen molar-refractivity contribution >= 4 is 11.1 Å². The molecular formula is C46H52N2O2. The highest BCUT2D eigenvalue weighted by Gasteiger charge is 2.29. The number of hydrogen-bond donors (Lipinski definition) is 1. The summed E-state index contributed by atoms with van der Waals surface area (Å²) in [7, 11) is 0. The third kappa shape index (κ3) is 6.99. The number of nitrogens with zero attached hydrogens (tertiary/aromatic N) is 2. The van der Waals surface area contributed by atoms with E-state index in [9.17, 15) is 5.11 Å². The molecule has 2 heterocycles. The predicted molar refractivity (Wildman–Crippen MR) is 210 cm³/mol. The Morgan fingerprint density at radius 1 is 0.520 bits per heavy atom. The summed E-state index contributed by atoms with van der Waals surface area (Å²) in [6.45, 7) is 26.4. The van der Waals surface area contributed by atoms with E-state index in [0.29, 0.717) is 17.0 Å². The molecule has 1 N–H and O–H groups in total. The summed E-state index contributed by atoms with van der Waals surface area (Å²) in [6, 6.07) is 30.0. The van der Waals surface area contributed by atoms with Gasteiger partial charge in [-0.2, -0.15) is 0 Å². The SMILES string of the molecule is CC(C)(C)c1cc(-c2cc(-c3ccccc3)ccn2)cc(-c2cc(C(C)(C)C)cc3oc(-c4cc(C(C)(C)C)cc(C(C)(C)C)c4O)nc23)c1. The van der Waals surface area contributed by atoms with Crippen molar-refractivity contribution < 1.29 is 9.52 Å². The van der Waals surface area contributed by atoms with E-state index in [4.69, 9.17) is 14.4 Å². The molecule has 0 spiro atoms. The molecule has 0 amide bonds. The van der Waals surface area contributed by atoms with Crippen LogP contribution in [0.15, 0.2) is 95.5 Å². The summed E-state index contributed by atoms with van der Waals surface area (Å²) in [5.74, 6) is 0.641. The minimum absolute atomic E-state index is 0.111. The van der Waals surface area contributed by atoms with E-state index in [2.05, 4.69) is 156 Å². The molecule has 50 heavy (non-hydrogen) atoms. The van der Waals surface area contributed by atoms with Crippen molar-refractivity contribution in [2.75, 3.05) is 0 Å². The van der Waals surface area contributed by atoms with Crippen molar-refractivity contribution in [3.05, 3.63) is 113 Å². The third-order valence-corrected chi connectivity index (χ3v) is 9.65. The first-order valence-corrected chi connectivity index (χ1v) is 17.7. The molecule has 6 rings (SSSR count). The Hall–Kier alpha value is -4.70. The molecule has 4 nitrogen and oxygen atoms in total. The molecule has 258 valence electrons. The molecule has 0 radical (unpaired) electrons. The van der Waals surface area contributed by atoms with E-state index in [-0.39, 0.29) is 27.4 Å².